The van der Waals surface area contributed by atoms with Gasteiger partial charge in [-0.2, -0.15) is 0 Å². The molecule has 3 heterocycles. The Balaban J connectivity index is 1.83. The molecular weight excluding hydrogens is 379 g/mol. The third-order valence-corrected chi connectivity index (χ3v) is 6.21. The van der Waals surface area contributed by atoms with Gasteiger partial charge in [-0.1, -0.05) is 0 Å². The number of aromatic nitrogens is 3. The highest BCUT2D eigenvalue weighted by atomic mass is 32.2. The second-order valence-electron chi connectivity index (χ2n) is 7.75. The van der Waals surface area contributed by atoms with Crippen molar-refractivity contribution in [2.24, 2.45) is 0 Å². The average molecular weight is 400 g/mol. The Kier molecular flexibility index (Phi) is 4.63. The number of benzene rings is 1. The zero-order valence-electron chi connectivity index (χ0n) is 16.1. The summed E-state index contributed by atoms with van der Waals surface area (Å²) in [6, 6.07) is 6.10. The van der Waals surface area contributed by atoms with Crippen molar-refractivity contribution in [2.75, 3.05) is 0 Å². The molecule has 0 aliphatic carbocycles. The lowest BCUT2D eigenvalue weighted by molar-refractivity contribution is 0.285. The van der Waals surface area contributed by atoms with Crippen LogP contribution >= 0.6 is 0 Å². The first-order chi connectivity index (χ1) is 13.2. The highest BCUT2D eigenvalue weighted by molar-refractivity contribution is 7.84. The highest BCUT2D eigenvalue weighted by Crippen LogP contribution is 2.36. The fraction of sp³-hybridized carbons (Fsp3) is 0.350. The molecule has 4 rings (SSSR count). The Morgan fingerprint density at radius 1 is 1.29 bits per heavy atom. The molecule has 146 valence electrons. The lowest BCUT2D eigenvalue weighted by Crippen LogP contribution is -2.35. The summed E-state index contributed by atoms with van der Waals surface area (Å²) in [4.78, 5) is 13.6. The first-order valence-corrected chi connectivity index (χ1v) is 10.2. The van der Waals surface area contributed by atoms with E-state index in [0.717, 1.165) is 11.3 Å². The van der Waals surface area contributed by atoms with Gasteiger partial charge < -0.3 is 4.74 Å². The maximum atomic E-state index is 14.3. The number of hydrogen-bond donors (Lipinski definition) is 1. The molecular formula is C20H21FN4O2S. The van der Waals surface area contributed by atoms with Gasteiger partial charge in [-0.25, -0.2) is 23.3 Å². The number of ether oxygens (including phenoxy) is 1. The number of halogens is 1. The number of nitrogens with zero attached hydrogens (tertiary/aromatic N) is 3. The van der Waals surface area contributed by atoms with Gasteiger partial charge in [-0.3, -0.25) is 4.98 Å². The van der Waals surface area contributed by atoms with Crippen molar-refractivity contribution in [3.63, 3.8) is 0 Å². The van der Waals surface area contributed by atoms with Crippen molar-refractivity contribution < 1.29 is 13.3 Å². The predicted octanol–water partition coefficient (Wildman–Crippen LogP) is 3.84. The smallest absolute Gasteiger partial charge is 0.241 e. The van der Waals surface area contributed by atoms with Gasteiger partial charge in [-0.15, -0.1) is 0 Å². The number of fused-ring (bicyclic) bond motifs is 4. The van der Waals surface area contributed by atoms with Crippen LogP contribution in [0, 0.1) is 5.82 Å². The number of pyridine rings is 1. The van der Waals surface area contributed by atoms with Gasteiger partial charge in [0.2, 0.25) is 5.88 Å². The minimum atomic E-state index is -1.31. The Labute approximate surface area is 165 Å². The molecule has 0 fully saturated rings. The molecule has 0 bridgehead atoms. The van der Waals surface area contributed by atoms with Gasteiger partial charge >= 0.3 is 0 Å². The van der Waals surface area contributed by atoms with Crippen LogP contribution in [0.5, 0.6) is 5.88 Å². The van der Waals surface area contributed by atoms with Crippen molar-refractivity contribution in [2.45, 2.75) is 45.1 Å². The molecule has 28 heavy (non-hydrogen) atoms. The number of nitrogens with one attached hydrogen (secondary N) is 1. The zero-order chi connectivity index (χ0) is 20.1. The molecule has 1 N–H and O–H groups in total. The van der Waals surface area contributed by atoms with E-state index in [4.69, 9.17) is 4.74 Å². The van der Waals surface area contributed by atoms with Crippen LogP contribution in [0.15, 0.2) is 30.5 Å². The third-order valence-electron chi connectivity index (χ3n) is 4.53. The standard InChI is InChI=1S/C20H21FN4O2S/c1-11(25-28(26)20(2,3)4)14-8-12(21)9-15-17(14)24-19-18(23-15)13-6-5-7-22-16(13)10-27-19/h5-9,11,25H,10H2,1-4H3/t11-,28-/m1/s1. The van der Waals surface area contributed by atoms with Crippen molar-refractivity contribution in [3.05, 3.63) is 47.5 Å². The Hall–Kier alpha value is -2.45. The van der Waals surface area contributed by atoms with E-state index < -0.39 is 21.5 Å². The molecule has 3 aromatic rings. The lowest BCUT2D eigenvalue weighted by Gasteiger charge is -2.23. The Bertz CT molecular complexity index is 1100. The lowest BCUT2D eigenvalue weighted by atomic mass is 10.0. The first-order valence-electron chi connectivity index (χ1n) is 9.00. The number of rotatable bonds is 3. The van der Waals surface area contributed by atoms with Gasteiger partial charge in [-0.05, 0) is 45.9 Å². The first kappa shape index (κ1) is 18.9. The largest absolute Gasteiger partial charge is 0.470 e. The summed E-state index contributed by atoms with van der Waals surface area (Å²) >= 11 is 0. The quantitative estimate of drug-likeness (QED) is 0.723. The van der Waals surface area contributed by atoms with Gasteiger partial charge in [0, 0.05) is 29.4 Å². The molecule has 1 aliphatic heterocycles. The molecule has 0 amide bonds. The van der Waals surface area contributed by atoms with E-state index >= 15 is 0 Å². The maximum absolute atomic E-state index is 14.3. The summed E-state index contributed by atoms with van der Waals surface area (Å²) in [5.74, 6) is -0.0277. The zero-order valence-corrected chi connectivity index (χ0v) is 16.9. The topological polar surface area (TPSA) is 77.0 Å². The molecule has 0 spiro atoms. The van der Waals surface area contributed by atoms with E-state index in [0.29, 0.717) is 34.8 Å². The predicted molar refractivity (Wildman–Crippen MR) is 107 cm³/mol. The molecule has 0 saturated heterocycles. The fourth-order valence-electron chi connectivity index (χ4n) is 3.05. The second kappa shape index (κ2) is 6.86. The molecule has 2 aromatic heterocycles. The van der Waals surface area contributed by atoms with Crippen molar-refractivity contribution >= 4 is 22.0 Å². The van der Waals surface area contributed by atoms with Crippen molar-refractivity contribution in [1.29, 1.82) is 0 Å². The highest BCUT2D eigenvalue weighted by Gasteiger charge is 2.26. The van der Waals surface area contributed by atoms with E-state index in [1.807, 2.05) is 39.8 Å². The van der Waals surface area contributed by atoms with E-state index in [9.17, 15) is 8.60 Å². The van der Waals surface area contributed by atoms with Crippen LogP contribution < -0.4 is 9.46 Å². The van der Waals surface area contributed by atoms with E-state index in [1.165, 1.54) is 12.1 Å². The van der Waals surface area contributed by atoms with Crippen LogP contribution in [0.25, 0.3) is 22.3 Å². The minimum absolute atomic E-state index is 0.307. The molecule has 0 radical (unpaired) electrons. The van der Waals surface area contributed by atoms with Crippen molar-refractivity contribution in [1.82, 2.24) is 19.7 Å². The van der Waals surface area contributed by atoms with Crippen LogP contribution in [-0.4, -0.2) is 23.9 Å². The Morgan fingerprint density at radius 3 is 2.82 bits per heavy atom. The second-order valence-corrected chi connectivity index (χ2v) is 9.74. The molecule has 0 saturated carbocycles. The summed E-state index contributed by atoms with van der Waals surface area (Å²) in [7, 11) is -1.31. The molecule has 1 aliphatic rings. The maximum Gasteiger partial charge on any atom is 0.241 e. The summed E-state index contributed by atoms with van der Waals surface area (Å²) in [6.45, 7) is 7.77. The monoisotopic (exact) mass is 400 g/mol. The van der Waals surface area contributed by atoms with Crippen molar-refractivity contribution in [3.8, 4) is 17.1 Å². The third kappa shape index (κ3) is 3.38. The summed E-state index contributed by atoms with van der Waals surface area (Å²) in [5.41, 5.74) is 3.70. The van der Waals surface area contributed by atoms with E-state index in [2.05, 4.69) is 19.7 Å². The van der Waals surface area contributed by atoms with Gasteiger partial charge in [0.25, 0.3) is 0 Å². The molecule has 6 nitrogen and oxygen atoms in total. The molecule has 2 atom stereocenters. The van der Waals surface area contributed by atoms with E-state index in [-0.39, 0.29) is 6.04 Å². The molecule has 1 aromatic carbocycles. The summed E-state index contributed by atoms with van der Waals surface area (Å²) in [6.07, 6.45) is 1.70. The minimum Gasteiger partial charge on any atom is -0.470 e. The van der Waals surface area contributed by atoms with Crippen LogP contribution in [0.4, 0.5) is 4.39 Å². The summed E-state index contributed by atoms with van der Waals surface area (Å²) in [5, 5.41) is 0. The SMILES string of the molecule is C[C@@H](N[S@](=O)C(C)(C)C)c1cc(F)cc2nc3c(nc12)OCc1ncccc1-3. The van der Waals surface area contributed by atoms with E-state index in [1.54, 1.807) is 6.20 Å². The average Bonchev–Trinajstić information content (AvgIpc) is 2.65. The van der Waals surface area contributed by atoms with Crippen LogP contribution in [-0.2, 0) is 17.6 Å². The normalized spacial score (nSPS) is 15.5. The van der Waals surface area contributed by atoms with Crippen LogP contribution in [0.2, 0.25) is 0 Å². The Morgan fingerprint density at radius 2 is 2.07 bits per heavy atom. The van der Waals surface area contributed by atoms with Crippen LogP contribution in [0.1, 0.15) is 45.0 Å². The van der Waals surface area contributed by atoms with Crippen LogP contribution in [0.3, 0.4) is 0 Å². The van der Waals surface area contributed by atoms with Gasteiger partial charge in [0.15, 0.2) is 0 Å². The molecule has 8 heteroatoms. The van der Waals surface area contributed by atoms with Gasteiger partial charge in [0.05, 0.1) is 32.5 Å². The summed E-state index contributed by atoms with van der Waals surface area (Å²) < 4.78 is 35.2. The van der Waals surface area contributed by atoms with Gasteiger partial charge in [0.1, 0.15) is 18.1 Å². The number of hydrogen-bond acceptors (Lipinski definition) is 5. The molecule has 0 unspecified atom stereocenters. The fourth-order valence-corrected chi connectivity index (χ4v) is 3.85.